The summed E-state index contributed by atoms with van der Waals surface area (Å²) >= 11 is 7.87. The minimum absolute atomic E-state index is 0.00699. The highest BCUT2D eigenvalue weighted by atomic mass is 35.5. The largest absolute Gasteiger partial charge is 0.323 e. The Labute approximate surface area is 158 Å². The van der Waals surface area contributed by atoms with Gasteiger partial charge in [0.05, 0.1) is 0 Å². The summed E-state index contributed by atoms with van der Waals surface area (Å²) in [4.78, 5) is 14.6. The SMILES string of the molecule is CC(C)(C)c1ccc(NC(=O)N2CCSC2c2cccc(Cl)c2)cc1. The average Bonchev–Trinajstić information content (AvgIpc) is 3.04. The van der Waals surface area contributed by atoms with Gasteiger partial charge >= 0.3 is 6.03 Å². The van der Waals surface area contributed by atoms with Gasteiger partial charge in [0.15, 0.2) is 0 Å². The molecular weight excluding hydrogens is 352 g/mol. The molecule has 5 heteroatoms. The molecule has 0 radical (unpaired) electrons. The van der Waals surface area contributed by atoms with E-state index in [1.54, 1.807) is 11.8 Å². The lowest BCUT2D eigenvalue weighted by Gasteiger charge is -2.25. The zero-order valence-corrected chi connectivity index (χ0v) is 16.3. The Bertz CT molecular complexity index is 755. The number of hydrogen-bond donors (Lipinski definition) is 1. The number of hydrogen-bond acceptors (Lipinski definition) is 2. The van der Waals surface area contributed by atoms with Crippen LogP contribution in [0.1, 0.15) is 37.3 Å². The Kier molecular flexibility index (Phi) is 5.30. The van der Waals surface area contributed by atoms with Crippen molar-refractivity contribution in [3.8, 4) is 0 Å². The van der Waals surface area contributed by atoms with Crippen LogP contribution in [0, 0.1) is 0 Å². The van der Waals surface area contributed by atoms with E-state index in [4.69, 9.17) is 11.6 Å². The Hall–Kier alpha value is -1.65. The number of thioether (sulfide) groups is 1. The molecule has 132 valence electrons. The summed E-state index contributed by atoms with van der Waals surface area (Å²) in [6.45, 7) is 7.26. The van der Waals surface area contributed by atoms with Crippen molar-refractivity contribution in [1.82, 2.24) is 4.90 Å². The molecule has 0 aromatic heterocycles. The number of anilines is 1. The molecule has 1 heterocycles. The van der Waals surface area contributed by atoms with E-state index in [9.17, 15) is 4.79 Å². The first-order valence-electron chi connectivity index (χ1n) is 8.40. The molecule has 0 saturated carbocycles. The fourth-order valence-corrected chi connectivity index (χ4v) is 4.31. The van der Waals surface area contributed by atoms with Crippen molar-refractivity contribution in [3.05, 3.63) is 64.7 Å². The quantitative estimate of drug-likeness (QED) is 0.707. The summed E-state index contributed by atoms with van der Waals surface area (Å²) in [5.74, 6) is 0.924. The number of nitrogens with zero attached hydrogens (tertiary/aromatic N) is 1. The van der Waals surface area contributed by atoms with Gasteiger partial charge in [-0.05, 0) is 40.8 Å². The second kappa shape index (κ2) is 7.30. The molecule has 25 heavy (non-hydrogen) atoms. The smallest absolute Gasteiger partial charge is 0.308 e. The normalized spacial score (nSPS) is 17.6. The molecule has 0 spiro atoms. The molecule has 1 saturated heterocycles. The summed E-state index contributed by atoms with van der Waals surface area (Å²) < 4.78 is 0. The predicted molar refractivity (Wildman–Crippen MR) is 108 cm³/mol. The Morgan fingerprint density at radius 1 is 1.20 bits per heavy atom. The first kappa shape index (κ1) is 18.2. The lowest BCUT2D eigenvalue weighted by atomic mass is 9.87. The third-order valence-electron chi connectivity index (χ3n) is 4.29. The highest BCUT2D eigenvalue weighted by molar-refractivity contribution is 7.99. The maximum absolute atomic E-state index is 12.7. The lowest BCUT2D eigenvalue weighted by Crippen LogP contribution is -2.34. The highest BCUT2D eigenvalue weighted by Gasteiger charge is 2.30. The third kappa shape index (κ3) is 4.31. The average molecular weight is 375 g/mol. The number of nitrogens with one attached hydrogen (secondary N) is 1. The summed E-state index contributed by atoms with van der Waals surface area (Å²) in [5, 5.41) is 3.72. The number of carbonyl (C=O) groups excluding carboxylic acids is 1. The molecule has 0 aliphatic carbocycles. The predicted octanol–water partition coefficient (Wildman–Crippen LogP) is 5.92. The molecule has 2 aromatic carbocycles. The Morgan fingerprint density at radius 2 is 1.92 bits per heavy atom. The number of carbonyl (C=O) groups is 1. The molecular formula is C20H23ClN2OS. The number of halogens is 1. The second-order valence-corrected chi connectivity index (χ2v) is 8.85. The van der Waals surface area contributed by atoms with E-state index >= 15 is 0 Å². The van der Waals surface area contributed by atoms with Crippen LogP contribution in [-0.4, -0.2) is 23.2 Å². The molecule has 2 aromatic rings. The second-order valence-electron chi connectivity index (χ2n) is 7.23. The third-order valence-corrected chi connectivity index (χ3v) is 5.78. The maximum Gasteiger partial charge on any atom is 0.323 e. The first-order chi connectivity index (χ1) is 11.8. The van der Waals surface area contributed by atoms with Gasteiger partial charge in [-0.15, -0.1) is 11.8 Å². The van der Waals surface area contributed by atoms with Crippen molar-refractivity contribution < 1.29 is 4.79 Å². The molecule has 1 fully saturated rings. The minimum Gasteiger partial charge on any atom is -0.308 e. The molecule has 1 aliphatic heterocycles. The topological polar surface area (TPSA) is 32.3 Å². The number of amides is 2. The number of benzene rings is 2. The van der Waals surface area contributed by atoms with Crippen LogP contribution in [0.15, 0.2) is 48.5 Å². The summed E-state index contributed by atoms with van der Waals surface area (Å²) in [6.07, 6.45) is 0. The van der Waals surface area contributed by atoms with Gasteiger partial charge < -0.3 is 10.2 Å². The van der Waals surface area contributed by atoms with Crippen molar-refractivity contribution >= 4 is 35.1 Å². The molecule has 1 aliphatic rings. The highest BCUT2D eigenvalue weighted by Crippen LogP contribution is 2.38. The first-order valence-corrected chi connectivity index (χ1v) is 9.82. The number of urea groups is 1. The molecule has 0 bridgehead atoms. The molecule has 3 rings (SSSR count). The van der Waals surface area contributed by atoms with Gasteiger partial charge in [0, 0.05) is 23.0 Å². The molecule has 1 N–H and O–H groups in total. The maximum atomic E-state index is 12.7. The van der Waals surface area contributed by atoms with Gasteiger partial charge in [0.2, 0.25) is 0 Å². The fourth-order valence-electron chi connectivity index (χ4n) is 2.86. The van der Waals surface area contributed by atoms with Crippen LogP contribution in [0.25, 0.3) is 0 Å². The molecule has 1 unspecified atom stereocenters. The standard InChI is InChI=1S/C20H23ClN2OS/c1-20(2,3)15-7-9-17(10-8-15)22-19(24)23-11-12-25-18(23)14-5-4-6-16(21)13-14/h4-10,13,18H,11-12H2,1-3H3,(H,22,24). The summed E-state index contributed by atoms with van der Waals surface area (Å²) in [5.41, 5.74) is 3.23. The van der Waals surface area contributed by atoms with Crippen molar-refractivity contribution in [2.24, 2.45) is 0 Å². The van der Waals surface area contributed by atoms with Crippen LogP contribution < -0.4 is 5.32 Å². The van der Waals surface area contributed by atoms with Gasteiger partial charge in [-0.1, -0.05) is 56.6 Å². The Morgan fingerprint density at radius 3 is 2.56 bits per heavy atom. The Balaban J connectivity index is 1.72. The van der Waals surface area contributed by atoms with Gasteiger partial charge in [-0.3, -0.25) is 0 Å². The van der Waals surface area contributed by atoms with Crippen molar-refractivity contribution in [3.63, 3.8) is 0 Å². The number of rotatable bonds is 2. The van der Waals surface area contributed by atoms with E-state index in [1.165, 1.54) is 5.56 Å². The fraction of sp³-hybridized carbons (Fsp3) is 0.350. The zero-order valence-electron chi connectivity index (χ0n) is 14.8. The van der Waals surface area contributed by atoms with E-state index < -0.39 is 0 Å². The van der Waals surface area contributed by atoms with Crippen molar-refractivity contribution in [2.45, 2.75) is 31.6 Å². The lowest BCUT2D eigenvalue weighted by molar-refractivity contribution is 0.214. The summed E-state index contributed by atoms with van der Waals surface area (Å²) in [7, 11) is 0. The van der Waals surface area contributed by atoms with Crippen LogP contribution in [0.3, 0.4) is 0 Å². The van der Waals surface area contributed by atoms with Gasteiger partial charge in [-0.2, -0.15) is 0 Å². The molecule has 3 nitrogen and oxygen atoms in total. The van der Waals surface area contributed by atoms with E-state index in [-0.39, 0.29) is 16.8 Å². The zero-order chi connectivity index (χ0) is 18.0. The molecule has 2 amide bonds. The monoisotopic (exact) mass is 374 g/mol. The van der Waals surface area contributed by atoms with Crippen LogP contribution in [-0.2, 0) is 5.41 Å². The van der Waals surface area contributed by atoms with Crippen molar-refractivity contribution in [1.29, 1.82) is 0 Å². The van der Waals surface area contributed by atoms with Crippen LogP contribution in [0.2, 0.25) is 5.02 Å². The van der Waals surface area contributed by atoms with Gasteiger partial charge in [0.25, 0.3) is 0 Å². The van der Waals surface area contributed by atoms with E-state index in [0.29, 0.717) is 5.02 Å². The van der Waals surface area contributed by atoms with E-state index in [0.717, 1.165) is 23.5 Å². The van der Waals surface area contributed by atoms with Crippen LogP contribution in [0.5, 0.6) is 0 Å². The molecule has 1 atom stereocenters. The van der Waals surface area contributed by atoms with E-state index in [2.05, 4.69) is 38.2 Å². The van der Waals surface area contributed by atoms with Gasteiger partial charge in [0.1, 0.15) is 5.37 Å². The minimum atomic E-state index is -0.0708. The van der Waals surface area contributed by atoms with Crippen LogP contribution in [0.4, 0.5) is 10.5 Å². The van der Waals surface area contributed by atoms with E-state index in [1.807, 2.05) is 41.3 Å². The summed E-state index contributed by atoms with van der Waals surface area (Å²) in [6, 6.07) is 15.7. The van der Waals surface area contributed by atoms with Crippen LogP contribution >= 0.6 is 23.4 Å². The van der Waals surface area contributed by atoms with Crippen molar-refractivity contribution in [2.75, 3.05) is 17.6 Å². The van der Waals surface area contributed by atoms with Gasteiger partial charge in [-0.25, -0.2) is 4.79 Å².